The van der Waals surface area contributed by atoms with E-state index < -0.39 is 0 Å². The lowest BCUT2D eigenvalue weighted by Gasteiger charge is -2.31. The highest BCUT2D eigenvalue weighted by molar-refractivity contribution is 6.30. The number of rotatable bonds is 9. The van der Waals surface area contributed by atoms with Gasteiger partial charge in [-0.05, 0) is 69.7 Å². The van der Waals surface area contributed by atoms with Gasteiger partial charge in [-0.2, -0.15) is 0 Å². The van der Waals surface area contributed by atoms with Crippen molar-refractivity contribution in [3.63, 3.8) is 0 Å². The second-order valence-electron chi connectivity index (χ2n) is 9.09. The van der Waals surface area contributed by atoms with Crippen LogP contribution >= 0.6 is 11.6 Å². The number of piperidine rings is 1. The monoisotopic (exact) mass is 480 g/mol. The van der Waals surface area contributed by atoms with Crippen LogP contribution in [0.2, 0.25) is 5.02 Å². The highest BCUT2D eigenvalue weighted by Crippen LogP contribution is 2.25. The van der Waals surface area contributed by atoms with Gasteiger partial charge in [0, 0.05) is 42.7 Å². The topological polar surface area (TPSA) is 61.6 Å². The van der Waals surface area contributed by atoms with Gasteiger partial charge in [-0.3, -0.25) is 9.69 Å². The Bertz CT molecular complexity index is 1060. The first-order valence-electron chi connectivity index (χ1n) is 11.9. The standard InChI is InChI=1S/C27H33ClN4O2/c1-20-25(30-27(34-20)23-8-10-24(28)11-9-23)19-32-15-12-22(13-16-32)26(33)29-14-17-31(2)18-21-6-4-3-5-7-21/h3-11,22H,12-19H2,1-2H3,(H,29,33). The van der Waals surface area contributed by atoms with Crippen LogP contribution in [0.4, 0.5) is 0 Å². The molecule has 1 aromatic heterocycles. The Kier molecular flexibility index (Phi) is 8.38. The van der Waals surface area contributed by atoms with E-state index in [1.54, 1.807) is 0 Å². The second-order valence-corrected chi connectivity index (χ2v) is 9.53. The van der Waals surface area contributed by atoms with Gasteiger partial charge in [-0.15, -0.1) is 0 Å². The number of nitrogens with one attached hydrogen (secondary N) is 1. The smallest absolute Gasteiger partial charge is 0.226 e. The fraction of sp³-hybridized carbons (Fsp3) is 0.407. The number of carbonyl (C=O) groups excluding carboxylic acids is 1. The molecule has 1 aliphatic heterocycles. The summed E-state index contributed by atoms with van der Waals surface area (Å²) >= 11 is 5.98. The van der Waals surface area contributed by atoms with E-state index in [1.165, 1.54) is 5.56 Å². The minimum absolute atomic E-state index is 0.0821. The van der Waals surface area contributed by atoms with Gasteiger partial charge in [0.15, 0.2) is 0 Å². The van der Waals surface area contributed by atoms with Crippen LogP contribution in [0.15, 0.2) is 59.0 Å². The maximum Gasteiger partial charge on any atom is 0.226 e. The third-order valence-corrected chi connectivity index (χ3v) is 6.66. The Morgan fingerprint density at radius 1 is 1.15 bits per heavy atom. The minimum atomic E-state index is 0.0821. The van der Waals surface area contributed by atoms with Crippen LogP contribution < -0.4 is 5.32 Å². The summed E-state index contributed by atoms with van der Waals surface area (Å²) < 4.78 is 5.89. The lowest BCUT2D eigenvalue weighted by Crippen LogP contribution is -2.42. The first-order chi connectivity index (χ1) is 16.5. The molecule has 4 rings (SSSR count). The van der Waals surface area contributed by atoms with Crippen molar-refractivity contribution in [1.82, 2.24) is 20.1 Å². The van der Waals surface area contributed by atoms with Crippen molar-refractivity contribution in [3.8, 4) is 11.5 Å². The van der Waals surface area contributed by atoms with Gasteiger partial charge in [0.25, 0.3) is 0 Å². The Balaban J connectivity index is 1.19. The number of likely N-dealkylation sites (N-methyl/N-ethyl adjacent to an activating group) is 1. The molecular weight excluding hydrogens is 448 g/mol. The molecule has 3 aromatic rings. The first kappa shape index (κ1) is 24.5. The number of carbonyl (C=O) groups is 1. The summed E-state index contributed by atoms with van der Waals surface area (Å²) in [5, 5.41) is 3.83. The molecule has 7 heteroatoms. The predicted molar refractivity (Wildman–Crippen MR) is 135 cm³/mol. The molecule has 1 aliphatic rings. The average molecular weight is 481 g/mol. The highest BCUT2D eigenvalue weighted by Gasteiger charge is 2.26. The Hall–Kier alpha value is -2.67. The van der Waals surface area contributed by atoms with Crippen LogP contribution in [0, 0.1) is 12.8 Å². The van der Waals surface area contributed by atoms with E-state index >= 15 is 0 Å². The van der Waals surface area contributed by atoms with Crippen molar-refractivity contribution in [2.75, 3.05) is 33.2 Å². The second kappa shape index (κ2) is 11.6. The summed E-state index contributed by atoms with van der Waals surface area (Å²) in [5.41, 5.74) is 3.16. The van der Waals surface area contributed by atoms with Gasteiger partial charge in [0.2, 0.25) is 11.8 Å². The predicted octanol–water partition coefficient (Wildman–Crippen LogP) is 4.76. The SMILES string of the molecule is Cc1oc(-c2ccc(Cl)cc2)nc1CN1CCC(C(=O)NCCN(C)Cc2ccccc2)CC1. The fourth-order valence-corrected chi connectivity index (χ4v) is 4.47. The summed E-state index contributed by atoms with van der Waals surface area (Å²) in [7, 11) is 2.09. The van der Waals surface area contributed by atoms with Crippen LogP contribution in [0.5, 0.6) is 0 Å². The zero-order chi connectivity index (χ0) is 23.9. The Morgan fingerprint density at radius 2 is 1.85 bits per heavy atom. The molecule has 34 heavy (non-hydrogen) atoms. The summed E-state index contributed by atoms with van der Waals surface area (Å²) in [5.74, 6) is 1.72. The maximum atomic E-state index is 12.7. The van der Waals surface area contributed by atoms with Crippen molar-refractivity contribution in [2.24, 2.45) is 5.92 Å². The zero-order valence-electron chi connectivity index (χ0n) is 20.0. The number of oxazole rings is 1. The van der Waals surface area contributed by atoms with Gasteiger partial charge in [0.1, 0.15) is 5.76 Å². The van der Waals surface area contributed by atoms with Crippen LogP contribution in [0.3, 0.4) is 0 Å². The molecule has 1 fully saturated rings. The molecule has 6 nitrogen and oxygen atoms in total. The molecule has 2 heterocycles. The number of halogens is 1. The highest BCUT2D eigenvalue weighted by atomic mass is 35.5. The van der Waals surface area contributed by atoms with E-state index in [4.69, 9.17) is 21.0 Å². The third kappa shape index (κ3) is 6.69. The Labute approximate surface area is 206 Å². The lowest BCUT2D eigenvalue weighted by molar-refractivity contribution is -0.126. The number of benzene rings is 2. The van der Waals surface area contributed by atoms with Crippen LogP contribution in [0.1, 0.15) is 29.9 Å². The van der Waals surface area contributed by atoms with Gasteiger partial charge in [-0.1, -0.05) is 41.9 Å². The molecule has 1 N–H and O–H groups in total. The molecule has 0 radical (unpaired) electrons. The quantitative estimate of drug-likeness (QED) is 0.478. The largest absolute Gasteiger partial charge is 0.441 e. The van der Waals surface area contributed by atoms with Crippen LogP contribution in [0.25, 0.3) is 11.5 Å². The van der Waals surface area contributed by atoms with Crippen molar-refractivity contribution in [3.05, 3.63) is 76.6 Å². The average Bonchev–Trinajstić information content (AvgIpc) is 3.20. The number of nitrogens with zero attached hydrogens (tertiary/aromatic N) is 3. The summed E-state index contributed by atoms with van der Waals surface area (Å²) in [6.07, 6.45) is 1.74. The van der Waals surface area contributed by atoms with Gasteiger partial charge >= 0.3 is 0 Å². The van der Waals surface area contributed by atoms with Gasteiger partial charge < -0.3 is 14.6 Å². The van der Waals surface area contributed by atoms with Gasteiger partial charge in [-0.25, -0.2) is 4.98 Å². The molecule has 0 atom stereocenters. The zero-order valence-corrected chi connectivity index (χ0v) is 20.7. The molecule has 2 aromatic carbocycles. The fourth-order valence-electron chi connectivity index (χ4n) is 4.34. The molecule has 0 spiro atoms. The van der Waals surface area contributed by atoms with E-state index in [0.29, 0.717) is 17.5 Å². The van der Waals surface area contributed by atoms with E-state index in [-0.39, 0.29) is 11.8 Å². The van der Waals surface area contributed by atoms with Gasteiger partial charge in [0.05, 0.1) is 5.69 Å². The molecule has 180 valence electrons. The third-order valence-electron chi connectivity index (χ3n) is 6.40. The summed E-state index contributed by atoms with van der Waals surface area (Å²) in [6, 6.07) is 17.9. The molecule has 1 saturated heterocycles. The van der Waals surface area contributed by atoms with Crippen molar-refractivity contribution >= 4 is 17.5 Å². The molecular formula is C27H33ClN4O2. The molecule has 1 amide bonds. The molecule has 0 aliphatic carbocycles. The first-order valence-corrected chi connectivity index (χ1v) is 12.3. The molecule has 0 saturated carbocycles. The number of hydrogen-bond donors (Lipinski definition) is 1. The van der Waals surface area contributed by atoms with Crippen molar-refractivity contribution in [1.29, 1.82) is 0 Å². The minimum Gasteiger partial charge on any atom is -0.441 e. The van der Waals surface area contributed by atoms with E-state index in [9.17, 15) is 4.79 Å². The number of aryl methyl sites for hydroxylation is 1. The van der Waals surface area contributed by atoms with E-state index in [1.807, 2.05) is 37.3 Å². The van der Waals surface area contributed by atoms with Crippen molar-refractivity contribution < 1.29 is 9.21 Å². The summed E-state index contributed by atoms with van der Waals surface area (Å²) in [4.78, 5) is 22.0. The van der Waals surface area contributed by atoms with E-state index in [2.05, 4.69) is 46.4 Å². The maximum absolute atomic E-state index is 12.7. The number of aromatic nitrogens is 1. The summed E-state index contributed by atoms with van der Waals surface area (Å²) in [6.45, 7) is 6.85. The number of hydrogen-bond acceptors (Lipinski definition) is 5. The Morgan fingerprint density at radius 3 is 2.56 bits per heavy atom. The number of amides is 1. The normalized spacial score (nSPS) is 15.1. The van der Waals surface area contributed by atoms with Crippen molar-refractivity contribution in [2.45, 2.75) is 32.9 Å². The molecule has 0 unspecified atom stereocenters. The number of likely N-dealkylation sites (tertiary alicyclic amines) is 1. The van der Waals surface area contributed by atoms with Crippen LogP contribution in [-0.4, -0.2) is 53.9 Å². The lowest BCUT2D eigenvalue weighted by atomic mass is 9.96. The van der Waals surface area contributed by atoms with E-state index in [0.717, 1.165) is 62.6 Å². The molecule has 0 bridgehead atoms. The van der Waals surface area contributed by atoms with Crippen LogP contribution in [-0.2, 0) is 17.9 Å².